The number of amides is 1. The van der Waals surface area contributed by atoms with Crippen molar-refractivity contribution >= 4 is 49.2 Å². The van der Waals surface area contributed by atoms with Crippen LogP contribution in [0.1, 0.15) is 13.8 Å². The third kappa shape index (κ3) is 1.48. The second-order valence-corrected chi connectivity index (χ2v) is 8.49. The standard InChI is InChI=1S/C9H11BrClNO5S/c1-9(2)5(8(14)17-3-11)12-6(13)4(10)7(12)18(9,15)16/h4-5,7H,3H2,1-2H3/t4-,5-,7+/m0/s1. The number of esters is 1. The molecule has 2 heterocycles. The summed E-state index contributed by atoms with van der Waals surface area (Å²) in [6, 6.07) is -1.52. The van der Waals surface area contributed by atoms with Gasteiger partial charge >= 0.3 is 5.97 Å². The molecule has 3 atom stereocenters. The third-order valence-electron chi connectivity index (χ3n) is 3.42. The van der Waals surface area contributed by atoms with Crippen molar-refractivity contribution in [2.24, 2.45) is 0 Å². The molecule has 102 valence electrons. The molecule has 2 rings (SSSR count). The van der Waals surface area contributed by atoms with Gasteiger partial charge in [0.05, 0.1) is 0 Å². The van der Waals surface area contributed by atoms with Gasteiger partial charge in [-0.2, -0.15) is 0 Å². The first-order chi connectivity index (χ1) is 8.17. The zero-order valence-electron chi connectivity index (χ0n) is 9.59. The topological polar surface area (TPSA) is 80.8 Å². The number of hydrogen-bond acceptors (Lipinski definition) is 5. The van der Waals surface area contributed by atoms with Gasteiger partial charge in [-0.3, -0.25) is 4.79 Å². The van der Waals surface area contributed by atoms with E-state index in [0.29, 0.717) is 0 Å². The summed E-state index contributed by atoms with van der Waals surface area (Å²) in [5.41, 5.74) is 0. The number of carbonyl (C=O) groups excluding carboxylic acids is 2. The Kier molecular flexibility index (Phi) is 3.19. The lowest BCUT2D eigenvalue weighted by Crippen LogP contribution is -2.64. The van der Waals surface area contributed by atoms with Crippen LogP contribution in [-0.2, 0) is 24.2 Å². The number of alkyl halides is 2. The number of halogens is 2. The van der Waals surface area contributed by atoms with E-state index in [2.05, 4.69) is 20.7 Å². The fourth-order valence-corrected chi connectivity index (χ4v) is 5.91. The maximum atomic E-state index is 12.3. The minimum atomic E-state index is -3.65. The zero-order valence-corrected chi connectivity index (χ0v) is 12.8. The van der Waals surface area contributed by atoms with Gasteiger partial charge in [-0.1, -0.05) is 27.5 Å². The van der Waals surface area contributed by atoms with Gasteiger partial charge in [-0.05, 0) is 13.8 Å². The van der Waals surface area contributed by atoms with Crippen molar-refractivity contribution in [1.29, 1.82) is 0 Å². The van der Waals surface area contributed by atoms with Crippen LogP contribution in [0.5, 0.6) is 0 Å². The van der Waals surface area contributed by atoms with Crippen LogP contribution in [0, 0.1) is 0 Å². The molecule has 0 aliphatic carbocycles. The molecule has 2 saturated heterocycles. The highest BCUT2D eigenvalue weighted by atomic mass is 79.9. The van der Waals surface area contributed by atoms with Gasteiger partial charge in [0.2, 0.25) is 5.91 Å². The van der Waals surface area contributed by atoms with Crippen molar-refractivity contribution in [3.05, 3.63) is 0 Å². The van der Waals surface area contributed by atoms with Gasteiger partial charge in [0, 0.05) is 0 Å². The molecule has 2 aliphatic heterocycles. The lowest BCUT2D eigenvalue weighted by atomic mass is 9.98. The first kappa shape index (κ1) is 14.1. The summed E-state index contributed by atoms with van der Waals surface area (Å²) in [7, 11) is -3.65. The Bertz CT molecular complexity index is 519. The van der Waals surface area contributed by atoms with Gasteiger partial charge in [-0.15, -0.1) is 0 Å². The molecule has 0 bridgehead atoms. The molecule has 1 amide bonds. The molecular formula is C9H11BrClNO5S. The number of fused-ring (bicyclic) bond motifs is 1. The highest BCUT2D eigenvalue weighted by molar-refractivity contribution is 9.10. The molecule has 6 nitrogen and oxygen atoms in total. The molecule has 2 fully saturated rings. The van der Waals surface area contributed by atoms with Crippen molar-refractivity contribution in [1.82, 2.24) is 4.90 Å². The van der Waals surface area contributed by atoms with E-state index < -0.39 is 42.7 Å². The molecule has 0 radical (unpaired) electrons. The molecule has 9 heteroatoms. The SMILES string of the molecule is CC1(C)[C@H](C(=O)OCCl)N2C(=O)[C@H](Br)[C@H]2S1(=O)=O. The Morgan fingerprint density at radius 1 is 1.56 bits per heavy atom. The van der Waals surface area contributed by atoms with Crippen LogP contribution in [-0.4, -0.2) is 52.3 Å². The van der Waals surface area contributed by atoms with Crippen LogP contribution in [0.4, 0.5) is 0 Å². The Labute approximate surface area is 118 Å². The molecule has 0 aromatic rings. The number of carbonyl (C=O) groups is 2. The Morgan fingerprint density at radius 3 is 2.61 bits per heavy atom. The first-order valence-electron chi connectivity index (χ1n) is 5.10. The summed E-state index contributed by atoms with van der Waals surface area (Å²) >= 11 is 8.33. The molecule has 2 aliphatic rings. The predicted molar refractivity (Wildman–Crippen MR) is 66.9 cm³/mol. The van der Waals surface area contributed by atoms with Crippen LogP contribution < -0.4 is 0 Å². The summed E-state index contributed by atoms with van der Waals surface area (Å²) < 4.78 is 27.8. The maximum Gasteiger partial charge on any atom is 0.331 e. The van der Waals surface area contributed by atoms with Crippen LogP contribution in [0.25, 0.3) is 0 Å². The summed E-state index contributed by atoms with van der Waals surface area (Å²) in [5.74, 6) is -1.22. The Hall–Kier alpha value is -0.340. The average molecular weight is 361 g/mol. The van der Waals surface area contributed by atoms with Crippen molar-refractivity contribution in [3.63, 3.8) is 0 Å². The minimum Gasteiger partial charge on any atom is -0.448 e. The Morgan fingerprint density at radius 2 is 2.11 bits per heavy atom. The maximum absolute atomic E-state index is 12.3. The number of hydrogen-bond donors (Lipinski definition) is 0. The molecule has 0 saturated carbocycles. The van der Waals surface area contributed by atoms with E-state index in [1.165, 1.54) is 13.8 Å². The minimum absolute atomic E-state index is 0.379. The summed E-state index contributed by atoms with van der Waals surface area (Å²) in [5, 5.41) is -1.01. The summed E-state index contributed by atoms with van der Waals surface area (Å²) in [4.78, 5) is 23.8. The van der Waals surface area contributed by atoms with Crippen LogP contribution in [0.2, 0.25) is 0 Å². The highest BCUT2D eigenvalue weighted by Crippen LogP contribution is 2.48. The molecule has 0 N–H and O–H groups in total. The van der Waals surface area contributed by atoms with E-state index in [9.17, 15) is 18.0 Å². The van der Waals surface area contributed by atoms with E-state index in [1.54, 1.807) is 0 Å². The first-order valence-corrected chi connectivity index (χ1v) is 8.10. The van der Waals surface area contributed by atoms with E-state index >= 15 is 0 Å². The van der Waals surface area contributed by atoms with Gasteiger partial charge in [-0.25, -0.2) is 13.2 Å². The van der Waals surface area contributed by atoms with E-state index in [0.717, 1.165) is 4.90 Å². The highest BCUT2D eigenvalue weighted by Gasteiger charge is 2.71. The number of rotatable bonds is 2. The number of ether oxygens (including phenoxy) is 1. The van der Waals surface area contributed by atoms with Gasteiger partial charge in [0.1, 0.15) is 15.6 Å². The lowest BCUT2D eigenvalue weighted by molar-refractivity contribution is -0.159. The van der Waals surface area contributed by atoms with E-state index in [-0.39, 0.29) is 6.07 Å². The molecule has 0 aromatic heterocycles. The van der Waals surface area contributed by atoms with Crippen molar-refractivity contribution < 1.29 is 22.7 Å². The summed E-state index contributed by atoms with van der Waals surface area (Å²) in [6.45, 7) is 2.82. The Balaban J connectivity index is 2.48. The predicted octanol–water partition coefficient (Wildman–Crippen LogP) is 0.233. The fourth-order valence-electron chi connectivity index (χ4n) is 2.36. The van der Waals surface area contributed by atoms with E-state index in [1.807, 2.05) is 0 Å². The van der Waals surface area contributed by atoms with Gasteiger partial charge in [0.25, 0.3) is 0 Å². The molecule has 0 unspecified atom stereocenters. The van der Waals surface area contributed by atoms with E-state index in [4.69, 9.17) is 11.6 Å². The molecular weight excluding hydrogens is 350 g/mol. The molecule has 0 aromatic carbocycles. The fraction of sp³-hybridized carbons (Fsp3) is 0.778. The van der Waals surface area contributed by atoms with Crippen LogP contribution >= 0.6 is 27.5 Å². The number of nitrogens with zero attached hydrogens (tertiary/aromatic N) is 1. The molecule has 18 heavy (non-hydrogen) atoms. The van der Waals surface area contributed by atoms with Crippen molar-refractivity contribution in [2.75, 3.05) is 6.07 Å². The van der Waals surface area contributed by atoms with Gasteiger partial charge < -0.3 is 9.64 Å². The lowest BCUT2D eigenvalue weighted by Gasteiger charge is -2.40. The van der Waals surface area contributed by atoms with Crippen LogP contribution in [0.15, 0.2) is 0 Å². The van der Waals surface area contributed by atoms with Crippen molar-refractivity contribution in [2.45, 2.75) is 34.8 Å². The monoisotopic (exact) mass is 359 g/mol. The number of β-lactam (4-membered cyclic amide) rings is 1. The average Bonchev–Trinajstić information content (AvgIpc) is 2.41. The normalized spacial score (nSPS) is 35.9. The second-order valence-electron chi connectivity index (χ2n) is 4.66. The van der Waals surface area contributed by atoms with Crippen molar-refractivity contribution in [3.8, 4) is 0 Å². The summed E-state index contributed by atoms with van der Waals surface area (Å²) in [6.07, 6.45) is 0. The zero-order chi connectivity index (χ0) is 13.9. The third-order valence-corrected chi connectivity index (χ3v) is 7.60. The number of sulfone groups is 1. The quantitative estimate of drug-likeness (QED) is 0.400. The van der Waals surface area contributed by atoms with Gasteiger partial charge in [0.15, 0.2) is 21.3 Å². The van der Waals surface area contributed by atoms with Crippen LogP contribution in [0.3, 0.4) is 0 Å². The second kappa shape index (κ2) is 4.08. The molecule has 0 spiro atoms. The smallest absolute Gasteiger partial charge is 0.331 e. The largest absolute Gasteiger partial charge is 0.448 e.